The number of unbranched alkanes of at least 4 members (excludes halogenated alkanes) is 3. The number of ketones is 1. The van der Waals surface area contributed by atoms with Crippen LogP contribution in [0.5, 0.6) is 0 Å². The molecule has 0 N–H and O–H groups in total. The average Bonchev–Trinajstić information content (AvgIpc) is 2.50. The van der Waals surface area contributed by atoms with Gasteiger partial charge < -0.3 is 4.74 Å². The number of carbonyl (C=O) groups excluding carboxylic acids is 2. The molecule has 0 unspecified atom stereocenters. The van der Waals surface area contributed by atoms with E-state index in [2.05, 4.69) is 6.92 Å². The first-order valence-electron chi connectivity index (χ1n) is 7.92. The van der Waals surface area contributed by atoms with Gasteiger partial charge in [-0.15, -0.1) is 0 Å². The molecule has 0 aliphatic rings. The lowest BCUT2D eigenvalue weighted by Gasteiger charge is -2.14. The summed E-state index contributed by atoms with van der Waals surface area (Å²) in [6, 6.07) is 9.65. The van der Waals surface area contributed by atoms with Gasteiger partial charge in [-0.2, -0.15) is 0 Å². The van der Waals surface area contributed by atoms with Gasteiger partial charge in [0, 0.05) is 6.42 Å². The summed E-state index contributed by atoms with van der Waals surface area (Å²) in [5.74, 6) is -1.04. The van der Waals surface area contributed by atoms with Crippen LogP contribution in [0, 0.1) is 5.92 Å². The van der Waals surface area contributed by atoms with E-state index >= 15 is 0 Å². The Labute approximate surface area is 127 Å². The fourth-order valence-electron chi connectivity index (χ4n) is 2.32. The Bertz CT molecular complexity index is 425. The van der Waals surface area contributed by atoms with Gasteiger partial charge in [-0.05, 0) is 25.3 Å². The number of Topliss-reactive ketones (excluding diaryl/α,β-unsaturated/α-hetero) is 1. The average molecular weight is 290 g/mol. The minimum Gasteiger partial charge on any atom is -0.465 e. The van der Waals surface area contributed by atoms with Gasteiger partial charge in [-0.3, -0.25) is 9.59 Å². The highest BCUT2D eigenvalue weighted by molar-refractivity contribution is 5.99. The van der Waals surface area contributed by atoms with Crippen molar-refractivity contribution in [2.24, 2.45) is 5.92 Å². The number of benzene rings is 1. The lowest BCUT2D eigenvalue weighted by Crippen LogP contribution is -2.28. The van der Waals surface area contributed by atoms with Crippen molar-refractivity contribution in [1.82, 2.24) is 0 Å². The molecule has 3 heteroatoms. The molecule has 0 fully saturated rings. The zero-order valence-corrected chi connectivity index (χ0v) is 13.1. The SMILES string of the molecule is CCCCCCC(=O)[C@@H](Cc1ccccc1)C(=O)OCC. The minimum atomic E-state index is -0.658. The van der Waals surface area contributed by atoms with Gasteiger partial charge in [-0.25, -0.2) is 0 Å². The van der Waals surface area contributed by atoms with Crippen molar-refractivity contribution in [3.63, 3.8) is 0 Å². The standard InChI is InChI=1S/C18H26O3/c1-3-5-6-10-13-17(19)16(18(20)21-4-2)14-15-11-8-7-9-12-15/h7-9,11-12,16H,3-6,10,13-14H2,1-2H3/t16-/m1/s1. The molecular weight excluding hydrogens is 264 g/mol. The summed E-state index contributed by atoms with van der Waals surface area (Å²) in [5, 5.41) is 0. The summed E-state index contributed by atoms with van der Waals surface area (Å²) in [6.45, 7) is 4.22. The van der Waals surface area contributed by atoms with E-state index in [-0.39, 0.29) is 11.8 Å². The molecule has 1 atom stereocenters. The number of hydrogen-bond acceptors (Lipinski definition) is 3. The molecule has 0 aliphatic heterocycles. The summed E-state index contributed by atoms with van der Waals surface area (Å²) in [7, 11) is 0. The largest absolute Gasteiger partial charge is 0.465 e. The molecule has 0 saturated heterocycles. The topological polar surface area (TPSA) is 43.4 Å². The first kappa shape index (κ1) is 17.4. The predicted octanol–water partition coefficient (Wildman–Crippen LogP) is 3.95. The molecule has 0 amide bonds. The quantitative estimate of drug-likeness (QED) is 0.372. The molecule has 0 aromatic heterocycles. The Morgan fingerprint density at radius 1 is 1.05 bits per heavy atom. The fourth-order valence-corrected chi connectivity index (χ4v) is 2.32. The molecule has 0 aliphatic carbocycles. The van der Waals surface area contributed by atoms with Gasteiger partial charge in [0.15, 0.2) is 0 Å². The van der Waals surface area contributed by atoms with Crippen molar-refractivity contribution < 1.29 is 14.3 Å². The summed E-state index contributed by atoms with van der Waals surface area (Å²) in [6.07, 6.45) is 5.08. The van der Waals surface area contributed by atoms with Crippen molar-refractivity contribution in [3.05, 3.63) is 35.9 Å². The summed E-state index contributed by atoms with van der Waals surface area (Å²) >= 11 is 0. The Morgan fingerprint density at radius 2 is 1.76 bits per heavy atom. The Balaban J connectivity index is 2.63. The van der Waals surface area contributed by atoms with Crippen LogP contribution in [0.15, 0.2) is 30.3 Å². The first-order valence-corrected chi connectivity index (χ1v) is 7.92. The van der Waals surface area contributed by atoms with Gasteiger partial charge in [-0.1, -0.05) is 56.5 Å². The van der Waals surface area contributed by atoms with E-state index in [0.717, 1.165) is 31.2 Å². The maximum Gasteiger partial charge on any atom is 0.316 e. The normalized spacial score (nSPS) is 11.9. The second-order valence-electron chi connectivity index (χ2n) is 5.27. The Hall–Kier alpha value is -1.64. The molecule has 0 spiro atoms. The van der Waals surface area contributed by atoms with Crippen LogP contribution in [0.4, 0.5) is 0 Å². The van der Waals surface area contributed by atoms with Crippen molar-refractivity contribution >= 4 is 11.8 Å². The van der Waals surface area contributed by atoms with Crippen LogP contribution in [-0.4, -0.2) is 18.4 Å². The summed E-state index contributed by atoms with van der Waals surface area (Å²) in [4.78, 5) is 24.4. The fraction of sp³-hybridized carbons (Fsp3) is 0.556. The van der Waals surface area contributed by atoms with Gasteiger partial charge in [0.05, 0.1) is 6.61 Å². The van der Waals surface area contributed by atoms with E-state index in [1.165, 1.54) is 0 Å². The number of carbonyl (C=O) groups is 2. The van der Waals surface area contributed by atoms with E-state index in [1.807, 2.05) is 30.3 Å². The summed E-state index contributed by atoms with van der Waals surface area (Å²) < 4.78 is 5.07. The highest BCUT2D eigenvalue weighted by Crippen LogP contribution is 2.16. The molecule has 0 heterocycles. The van der Waals surface area contributed by atoms with Crippen LogP contribution in [0.3, 0.4) is 0 Å². The first-order chi connectivity index (χ1) is 10.2. The van der Waals surface area contributed by atoms with Gasteiger partial charge in [0.1, 0.15) is 11.7 Å². The molecule has 1 rings (SSSR count). The molecule has 21 heavy (non-hydrogen) atoms. The maximum atomic E-state index is 12.3. The predicted molar refractivity (Wildman–Crippen MR) is 84.0 cm³/mol. The van der Waals surface area contributed by atoms with Gasteiger partial charge >= 0.3 is 5.97 Å². The van der Waals surface area contributed by atoms with Crippen LogP contribution in [0.2, 0.25) is 0 Å². The van der Waals surface area contributed by atoms with Crippen LogP contribution in [0.25, 0.3) is 0 Å². The molecule has 0 radical (unpaired) electrons. The highest BCUT2D eigenvalue weighted by atomic mass is 16.5. The summed E-state index contributed by atoms with van der Waals surface area (Å²) in [5.41, 5.74) is 0.998. The smallest absolute Gasteiger partial charge is 0.316 e. The second kappa shape index (κ2) is 10.1. The number of hydrogen-bond donors (Lipinski definition) is 0. The third-order valence-electron chi connectivity index (χ3n) is 3.52. The number of rotatable bonds is 10. The van der Waals surface area contributed by atoms with Crippen LogP contribution < -0.4 is 0 Å². The van der Waals surface area contributed by atoms with Gasteiger partial charge in [0.2, 0.25) is 0 Å². The Morgan fingerprint density at radius 3 is 2.38 bits per heavy atom. The highest BCUT2D eigenvalue weighted by Gasteiger charge is 2.27. The molecule has 0 saturated carbocycles. The lowest BCUT2D eigenvalue weighted by atomic mass is 9.92. The van der Waals surface area contributed by atoms with Crippen molar-refractivity contribution in [2.45, 2.75) is 52.4 Å². The Kier molecular flexibility index (Phi) is 8.41. The zero-order chi connectivity index (χ0) is 15.5. The molecule has 1 aromatic rings. The molecule has 116 valence electrons. The van der Waals surface area contributed by atoms with E-state index in [4.69, 9.17) is 4.74 Å². The van der Waals surface area contributed by atoms with Crippen LogP contribution >= 0.6 is 0 Å². The number of ether oxygens (including phenoxy) is 1. The number of esters is 1. The molecule has 3 nitrogen and oxygen atoms in total. The maximum absolute atomic E-state index is 12.3. The second-order valence-corrected chi connectivity index (χ2v) is 5.27. The van der Waals surface area contributed by atoms with Crippen LogP contribution in [-0.2, 0) is 20.7 Å². The van der Waals surface area contributed by atoms with E-state index in [9.17, 15) is 9.59 Å². The van der Waals surface area contributed by atoms with Crippen molar-refractivity contribution in [3.8, 4) is 0 Å². The monoisotopic (exact) mass is 290 g/mol. The van der Waals surface area contributed by atoms with E-state index in [1.54, 1.807) is 6.92 Å². The molecule has 1 aromatic carbocycles. The third kappa shape index (κ3) is 6.56. The van der Waals surface area contributed by atoms with E-state index in [0.29, 0.717) is 19.4 Å². The third-order valence-corrected chi connectivity index (χ3v) is 3.52. The molecule has 0 bridgehead atoms. The van der Waals surface area contributed by atoms with Gasteiger partial charge in [0.25, 0.3) is 0 Å². The molecular formula is C18H26O3. The minimum absolute atomic E-state index is 0.00778. The zero-order valence-electron chi connectivity index (χ0n) is 13.1. The van der Waals surface area contributed by atoms with Crippen molar-refractivity contribution in [1.29, 1.82) is 0 Å². The lowest BCUT2D eigenvalue weighted by molar-refractivity contribution is -0.151. The van der Waals surface area contributed by atoms with E-state index < -0.39 is 5.92 Å². The van der Waals surface area contributed by atoms with Crippen molar-refractivity contribution in [2.75, 3.05) is 6.61 Å². The van der Waals surface area contributed by atoms with Crippen LogP contribution in [0.1, 0.15) is 51.5 Å².